The van der Waals surface area contributed by atoms with Gasteiger partial charge in [-0.25, -0.2) is 0 Å². The first-order valence-corrected chi connectivity index (χ1v) is 11.0. The summed E-state index contributed by atoms with van der Waals surface area (Å²) in [7, 11) is 0. The lowest BCUT2D eigenvalue weighted by Gasteiger charge is -2.59. The zero-order valence-corrected chi connectivity index (χ0v) is 16.8. The first-order chi connectivity index (χ1) is 13.0. The maximum atomic E-state index is 12.8. The number of hydrogen-bond donors (Lipinski definition) is 0. The molecule has 0 spiro atoms. The van der Waals surface area contributed by atoms with Crippen LogP contribution >= 0.6 is 0 Å². The number of hydrogen-bond acceptors (Lipinski definition) is 2. The molecule has 0 radical (unpaired) electrons. The van der Waals surface area contributed by atoms with Gasteiger partial charge in [-0.15, -0.1) is 0 Å². The largest absolute Gasteiger partial charge is 0.337 e. The first kappa shape index (κ1) is 17.5. The summed E-state index contributed by atoms with van der Waals surface area (Å²) in [4.78, 5) is 19.4. The third-order valence-corrected chi connectivity index (χ3v) is 8.72. The molecule has 1 aromatic heterocycles. The second-order valence-electron chi connectivity index (χ2n) is 9.83. The molecule has 3 heteroatoms. The molecule has 144 valence electrons. The quantitative estimate of drug-likeness (QED) is 0.696. The minimum atomic E-state index is 0.0921. The third kappa shape index (κ3) is 2.46. The number of carbonyl (C=O) groups excluding carboxylic acids is 1. The van der Waals surface area contributed by atoms with Gasteiger partial charge in [-0.3, -0.25) is 9.78 Å². The minimum absolute atomic E-state index is 0.0921. The van der Waals surface area contributed by atoms with Gasteiger partial charge in [0.1, 0.15) is 0 Å². The van der Waals surface area contributed by atoms with Crippen molar-refractivity contribution in [1.29, 1.82) is 0 Å². The highest BCUT2D eigenvalue weighted by Gasteiger charge is 2.58. The Morgan fingerprint density at radius 1 is 1.15 bits per heavy atom. The molecule has 5 rings (SSSR count). The SMILES string of the molecule is C[C@]12CC[C@H]3[C@@H](CCN4C(=O)CCCC[C@]34C)[C@@H]1CC=C2c1cccnc1. The molecule has 27 heavy (non-hydrogen) atoms. The second-order valence-corrected chi connectivity index (χ2v) is 9.83. The van der Waals surface area contributed by atoms with Crippen molar-refractivity contribution in [2.75, 3.05) is 6.54 Å². The van der Waals surface area contributed by atoms with Crippen molar-refractivity contribution in [3.8, 4) is 0 Å². The molecular formula is C24H32N2O. The summed E-state index contributed by atoms with van der Waals surface area (Å²) in [6, 6.07) is 4.29. The van der Waals surface area contributed by atoms with E-state index in [9.17, 15) is 4.79 Å². The average molecular weight is 365 g/mol. The van der Waals surface area contributed by atoms with Crippen LogP contribution in [0, 0.1) is 23.2 Å². The van der Waals surface area contributed by atoms with Crippen LogP contribution in [0.2, 0.25) is 0 Å². The van der Waals surface area contributed by atoms with Crippen molar-refractivity contribution >= 4 is 11.5 Å². The maximum Gasteiger partial charge on any atom is 0.223 e. The van der Waals surface area contributed by atoms with Crippen molar-refractivity contribution in [2.24, 2.45) is 23.2 Å². The minimum Gasteiger partial charge on any atom is -0.337 e. The molecule has 3 fully saturated rings. The molecule has 3 heterocycles. The van der Waals surface area contributed by atoms with Crippen molar-refractivity contribution < 1.29 is 4.79 Å². The lowest BCUT2D eigenvalue weighted by Crippen LogP contribution is -2.62. The fraction of sp³-hybridized carbons (Fsp3) is 0.667. The Bertz CT molecular complexity index is 772. The Morgan fingerprint density at radius 2 is 2.04 bits per heavy atom. The molecule has 1 aromatic rings. The number of amides is 1. The summed E-state index contributed by atoms with van der Waals surface area (Å²) in [6.07, 6.45) is 15.6. The van der Waals surface area contributed by atoms with Crippen LogP contribution in [0.15, 0.2) is 30.6 Å². The molecule has 1 saturated carbocycles. The molecule has 3 nitrogen and oxygen atoms in total. The van der Waals surface area contributed by atoms with Crippen molar-refractivity contribution in [3.63, 3.8) is 0 Å². The van der Waals surface area contributed by atoms with Gasteiger partial charge in [0.25, 0.3) is 0 Å². The van der Waals surface area contributed by atoms with Crippen LogP contribution < -0.4 is 0 Å². The topological polar surface area (TPSA) is 33.2 Å². The first-order valence-electron chi connectivity index (χ1n) is 11.0. The van der Waals surface area contributed by atoms with E-state index in [-0.39, 0.29) is 11.0 Å². The summed E-state index contributed by atoms with van der Waals surface area (Å²) in [5.74, 6) is 2.57. The Labute approximate surface area is 163 Å². The normalized spacial score (nSPS) is 41.3. The zero-order chi connectivity index (χ0) is 18.6. The Kier molecular flexibility index (Phi) is 4.00. The monoisotopic (exact) mass is 364 g/mol. The predicted octanol–water partition coefficient (Wildman–Crippen LogP) is 5.08. The van der Waals surface area contributed by atoms with E-state index in [0.29, 0.717) is 11.8 Å². The fourth-order valence-corrected chi connectivity index (χ4v) is 7.36. The van der Waals surface area contributed by atoms with Gasteiger partial charge in [-0.1, -0.05) is 25.5 Å². The van der Waals surface area contributed by atoms with Crippen molar-refractivity contribution in [3.05, 3.63) is 36.2 Å². The number of rotatable bonds is 1. The number of nitrogens with zero attached hydrogens (tertiary/aromatic N) is 2. The molecule has 2 aliphatic heterocycles. The maximum absolute atomic E-state index is 12.8. The van der Waals surface area contributed by atoms with Crippen molar-refractivity contribution in [2.45, 2.75) is 70.8 Å². The number of piperidine rings is 1. The molecule has 4 aliphatic rings. The van der Waals surface area contributed by atoms with Crippen LogP contribution in [0.4, 0.5) is 0 Å². The van der Waals surface area contributed by atoms with Gasteiger partial charge in [0.05, 0.1) is 0 Å². The standard InChI is InChI=1S/C24H32N2O/c1-23-13-10-21-18(11-15-26-22(27)7-3-4-12-24(21,26)2)20(23)9-8-19(23)17-6-5-14-25-16-17/h5-6,8,14,16,18,20-21H,3-4,7,9-13,15H2,1-2H3/t18-,20-,21-,23+,24+/m0/s1. The molecule has 5 atom stereocenters. The van der Waals surface area contributed by atoms with Crippen LogP contribution in [0.3, 0.4) is 0 Å². The van der Waals surface area contributed by atoms with Gasteiger partial charge >= 0.3 is 0 Å². The van der Waals surface area contributed by atoms with E-state index in [0.717, 1.165) is 31.2 Å². The molecule has 0 bridgehead atoms. The summed E-state index contributed by atoms with van der Waals surface area (Å²) < 4.78 is 0. The molecule has 1 amide bonds. The van der Waals surface area contributed by atoms with Gasteiger partial charge in [0, 0.05) is 30.9 Å². The van der Waals surface area contributed by atoms with Crippen LogP contribution in [0.5, 0.6) is 0 Å². The molecule has 2 aliphatic carbocycles. The number of pyridine rings is 1. The second kappa shape index (κ2) is 6.18. The van der Waals surface area contributed by atoms with Gasteiger partial charge in [0.2, 0.25) is 5.91 Å². The summed E-state index contributed by atoms with van der Waals surface area (Å²) in [5.41, 5.74) is 3.21. The summed E-state index contributed by atoms with van der Waals surface area (Å²) in [5, 5.41) is 0. The highest BCUT2D eigenvalue weighted by Crippen LogP contribution is 2.63. The number of aromatic nitrogens is 1. The highest BCUT2D eigenvalue weighted by molar-refractivity contribution is 5.77. The molecule has 0 N–H and O–H groups in total. The van der Waals surface area contributed by atoms with E-state index >= 15 is 0 Å². The molecule has 0 unspecified atom stereocenters. The van der Waals surface area contributed by atoms with Gasteiger partial charge in [-0.2, -0.15) is 0 Å². The lowest BCUT2D eigenvalue weighted by atomic mass is 9.52. The molecule has 0 aromatic carbocycles. The molecular weight excluding hydrogens is 332 g/mol. The van der Waals surface area contributed by atoms with Gasteiger partial charge in [0.15, 0.2) is 0 Å². The zero-order valence-electron chi connectivity index (χ0n) is 16.8. The van der Waals surface area contributed by atoms with E-state index in [1.165, 1.54) is 49.7 Å². The fourth-order valence-electron chi connectivity index (χ4n) is 7.36. The van der Waals surface area contributed by atoms with E-state index in [1.807, 2.05) is 12.4 Å². The van der Waals surface area contributed by atoms with Crippen molar-refractivity contribution in [1.82, 2.24) is 9.88 Å². The number of carbonyl (C=O) groups is 1. The van der Waals surface area contributed by atoms with E-state index in [2.05, 4.69) is 41.9 Å². The van der Waals surface area contributed by atoms with Crippen LogP contribution in [-0.2, 0) is 4.79 Å². The van der Waals surface area contributed by atoms with Gasteiger partial charge in [-0.05, 0) is 85.8 Å². The van der Waals surface area contributed by atoms with E-state index < -0.39 is 0 Å². The highest BCUT2D eigenvalue weighted by atomic mass is 16.2. The third-order valence-electron chi connectivity index (χ3n) is 8.72. The van der Waals surface area contributed by atoms with Crippen LogP contribution in [0.25, 0.3) is 5.57 Å². The predicted molar refractivity (Wildman–Crippen MR) is 108 cm³/mol. The lowest BCUT2D eigenvalue weighted by molar-refractivity contribution is -0.150. The Morgan fingerprint density at radius 3 is 2.85 bits per heavy atom. The molecule has 2 saturated heterocycles. The summed E-state index contributed by atoms with van der Waals surface area (Å²) >= 11 is 0. The average Bonchev–Trinajstić information content (AvgIpc) is 2.95. The smallest absolute Gasteiger partial charge is 0.223 e. The van der Waals surface area contributed by atoms with E-state index in [4.69, 9.17) is 0 Å². The van der Waals surface area contributed by atoms with Crippen LogP contribution in [0.1, 0.15) is 70.8 Å². The number of allylic oxidation sites excluding steroid dienone is 2. The Balaban J connectivity index is 1.47. The van der Waals surface area contributed by atoms with E-state index in [1.54, 1.807) is 0 Å². The summed E-state index contributed by atoms with van der Waals surface area (Å²) in [6.45, 7) is 5.90. The van der Waals surface area contributed by atoms with Crippen LogP contribution in [-0.4, -0.2) is 27.9 Å². The van der Waals surface area contributed by atoms with Gasteiger partial charge < -0.3 is 4.90 Å². The Hall–Kier alpha value is -1.64. The number of fused-ring (bicyclic) bond motifs is 5.